The van der Waals surface area contributed by atoms with Gasteiger partial charge in [0.2, 0.25) is 0 Å². The van der Waals surface area contributed by atoms with Gasteiger partial charge in [-0.2, -0.15) is 0 Å². The molecule has 0 saturated carbocycles. The van der Waals surface area contributed by atoms with Gasteiger partial charge in [0.1, 0.15) is 0 Å². The van der Waals surface area contributed by atoms with E-state index < -0.39 is 5.60 Å². The van der Waals surface area contributed by atoms with Gasteiger partial charge in [0, 0.05) is 32.3 Å². The van der Waals surface area contributed by atoms with E-state index in [-0.39, 0.29) is 5.91 Å². The van der Waals surface area contributed by atoms with Crippen molar-refractivity contribution >= 4 is 5.91 Å². The Labute approximate surface area is 95.9 Å². The molecule has 1 atom stereocenters. The highest BCUT2D eigenvalue weighted by atomic mass is 16.5. The lowest BCUT2D eigenvalue weighted by Gasteiger charge is -2.43. The molecule has 0 aliphatic carbocycles. The van der Waals surface area contributed by atoms with Crippen LogP contribution in [0, 0.1) is 0 Å². The zero-order valence-electron chi connectivity index (χ0n) is 9.78. The first-order valence-electron chi connectivity index (χ1n) is 5.87. The second-order valence-electron chi connectivity index (χ2n) is 4.76. The van der Waals surface area contributed by atoms with Gasteiger partial charge in [-0.05, 0) is 19.8 Å². The highest BCUT2D eigenvalue weighted by molar-refractivity contribution is 5.83. The highest BCUT2D eigenvalue weighted by Gasteiger charge is 2.39. The molecule has 5 heteroatoms. The zero-order chi connectivity index (χ0) is 11.6. The molecule has 2 rings (SSSR count). The van der Waals surface area contributed by atoms with Crippen LogP contribution in [-0.2, 0) is 14.3 Å². The van der Waals surface area contributed by atoms with Crippen LogP contribution >= 0.6 is 0 Å². The Kier molecular flexibility index (Phi) is 3.47. The van der Waals surface area contributed by atoms with Gasteiger partial charge in [0.15, 0.2) is 5.60 Å². The summed E-state index contributed by atoms with van der Waals surface area (Å²) in [7, 11) is 0. The third-order valence-electron chi connectivity index (χ3n) is 3.53. The molecular weight excluding hydrogens is 208 g/mol. The topological polar surface area (TPSA) is 64.8 Å². The molecule has 2 N–H and O–H groups in total. The first-order chi connectivity index (χ1) is 7.62. The van der Waals surface area contributed by atoms with Gasteiger partial charge in [-0.1, -0.05) is 0 Å². The van der Waals surface area contributed by atoms with E-state index in [1.807, 2.05) is 0 Å². The minimum absolute atomic E-state index is 0.371. The summed E-state index contributed by atoms with van der Waals surface area (Å²) in [5.41, 5.74) is 4.56. The van der Waals surface area contributed by atoms with Crippen molar-refractivity contribution in [1.82, 2.24) is 4.90 Å². The fraction of sp³-hybridized carbons (Fsp3) is 0.909. The first-order valence-corrected chi connectivity index (χ1v) is 5.87. The Morgan fingerprint density at radius 3 is 2.69 bits per heavy atom. The van der Waals surface area contributed by atoms with Crippen LogP contribution in [0.4, 0.5) is 0 Å². The summed E-state index contributed by atoms with van der Waals surface area (Å²) in [5, 5.41) is 0. The van der Waals surface area contributed by atoms with Crippen LogP contribution < -0.4 is 5.73 Å². The predicted molar refractivity (Wildman–Crippen MR) is 59.0 cm³/mol. The summed E-state index contributed by atoms with van der Waals surface area (Å²) in [6, 6.07) is 0.510. The van der Waals surface area contributed by atoms with Gasteiger partial charge in [-0.3, -0.25) is 9.69 Å². The zero-order valence-corrected chi connectivity index (χ0v) is 9.78. The third kappa shape index (κ3) is 2.36. The molecule has 2 saturated heterocycles. The minimum Gasteiger partial charge on any atom is -0.381 e. The smallest absolute Gasteiger partial charge is 0.250 e. The molecule has 2 aliphatic heterocycles. The standard InChI is InChI=1S/C11H20N2O3/c1-11(10(12)14)8-13(4-7-16-11)9-2-5-15-6-3-9/h9H,2-8H2,1H3,(H2,12,14)/t11-/m1/s1. The van der Waals surface area contributed by atoms with Crippen molar-refractivity contribution in [1.29, 1.82) is 0 Å². The number of morpholine rings is 1. The molecule has 0 aromatic heterocycles. The number of carbonyl (C=O) groups excluding carboxylic acids is 1. The second-order valence-corrected chi connectivity index (χ2v) is 4.76. The van der Waals surface area contributed by atoms with Crippen LogP contribution in [0.25, 0.3) is 0 Å². The van der Waals surface area contributed by atoms with E-state index in [2.05, 4.69) is 4.90 Å². The Bertz CT molecular complexity index is 266. The summed E-state index contributed by atoms with van der Waals surface area (Å²) >= 11 is 0. The molecule has 0 aromatic rings. The van der Waals surface area contributed by atoms with Gasteiger partial charge in [0.25, 0.3) is 5.91 Å². The molecule has 0 unspecified atom stereocenters. The Morgan fingerprint density at radius 2 is 2.06 bits per heavy atom. The molecule has 0 radical (unpaired) electrons. The normalized spacial score (nSPS) is 33.8. The van der Waals surface area contributed by atoms with E-state index in [1.165, 1.54) is 0 Å². The van der Waals surface area contributed by atoms with Crippen LogP contribution in [0.2, 0.25) is 0 Å². The number of rotatable bonds is 2. The molecule has 5 nitrogen and oxygen atoms in total. The van der Waals surface area contributed by atoms with Crippen LogP contribution in [-0.4, -0.2) is 55.4 Å². The maximum atomic E-state index is 11.4. The quantitative estimate of drug-likeness (QED) is 0.707. The maximum Gasteiger partial charge on any atom is 0.250 e. The molecule has 0 aromatic carbocycles. The number of amides is 1. The van der Waals surface area contributed by atoms with E-state index >= 15 is 0 Å². The molecule has 0 bridgehead atoms. The molecule has 2 heterocycles. The van der Waals surface area contributed by atoms with Crippen molar-refractivity contribution in [3.05, 3.63) is 0 Å². The fourth-order valence-corrected chi connectivity index (χ4v) is 2.41. The lowest BCUT2D eigenvalue weighted by Crippen LogP contribution is -2.59. The van der Waals surface area contributed by atoms with Crippen molar-refractivity contribution < 1.29 is 14.3 Å². The monoisotopic (exact) mass is 228 g/mol. The summed E-state index contributed by atoms with van der Waals surface area (Å²) in [6.45, 7) is 5.47. The van der Waals surface area contributed by atoms with Crippen molar-refractivity contribution in [2.24, 2.45) is 5.73 Å². The van der Waals surface area contributed by atoms with Gasteiger partial charge >= 0.3 is 0 Å². The maximum absolute atomic E-state index is 11.4. The number of ether oxygens (including phenoxy) is 2. The van der Waals surface area contributed by atoms with Gasteiger partial charge < -0.3 is 15.2 Å². The van der Waals surface area contributed by atoms with Gasteiger partial charge in [-0.25, -0.2) is 0 Å². The molecule has 16 heavy (non-hydrogen) atoms. The fourth-order valence-electron chi connectivity index (χ4n) is 2.41. The average Bonchev–Trinajstić information content (AvgIpc) is 2.30. The number of nitrogens with zero attached hydrogens (tertiary/aromatic N) is 1. The van der Waals surface area contributed by atoms with Crippen LogP contribution in [0.3, 0.4) is 0 Å². The van der Waals surface area contributed by atoms with Crippen molar-refractivity contribution in [2.75, 3.05) is 32.9 Å². The molecule has 1 amide bonds. The number of hydrogen-bond donors (Lipinski definition) is 1. The van der Waals surface area contributed by atoms with Crippen LogP contribution in [0.5, 0.6) is 0 Å². The second kappa shape index (κ2) is 4.69. The number of primary amides is 1. The Hall–Kier alpha value is -0.650. The van der Waals surface area contributed by atoms with Crippen molar-refractivity contribution in [2.45, 2.75) is 31.4 Å². The third-order valence-corrected chi connectivity index (χ3v) is 3.53. The Morgan fingerprint density at radius 1 is 1.38 bits per heavy atom. The van der Waals surface area contributed by atoms with E-state index in [4.69, 9.17) is 15.2 Å². The van der Waals surface area contributed by atoms with Crippen LogP contribution in [0.15, 0.2) is 0 Å². The average molecular weight is 228 g/mol. The summed E-state index contributed by atoms with van der Waals surface area (Å²) < 4.78 is 10.8. The van der Waals surface area contributed by atoms with Gasteiger partial charge in [0.05, 0.1) is 6.61 Å². The number of hydrogen-bond acceptors (Lipinski definition) is 4. The highest BCUT2D eigenvalue weighted by Crippen LogP contribution is 2.23. The molecule has 2 aliphatic rings. The van der Waals surface area contributed by atoms with Crippen molar-refractivity contribution in [3.8, 4) is 0 Å². The predicted octanol–water partition coefficient (Wildman–Crippen LogP) is -0.258. The Balaban J connectivity index is 1.98. The summed E-state index contributed by atoms with van der Waals surface area (Å²) in [4.78, 5) is 13.7. The molecular formula is C11H20N2O3. The summed E-state index contributed by atoms with van der Waals surface area (Å²) in [6.07, 6.45) is 2.07. The molecule has 0 spiro atoms. The largest absolute Gasteiger partial charge is 0.381 e. The van der Waals surface area contributed by atoms with Crippen LogP contribution in [0.1, 0.15) is 19.8 Å². The lowest BCUT2D eigenvalue weighted by molar-refractivity contribution is -0.157. The molecule has 2 fully saturated rings. The summed E-state index contributed by atoms with van der Waals surface area (Å²) in [5.74, 6) is -0.371. The van der Waals surface area contributed by atoms with Crippen molar-refractivity contribution in [3.63, 3.8) is 0 Å². The molecule has 92 valence electrons. The van der Waals surface area contributed by atoms with E-state index in [9.17, 15) is 4.79 Å². The first kappa shape index (κ1) is 11.8. The SMILES string of the molecule is C[C@]1(C(N)=O)CN(C2CCOCC2)CCO1. The lowest BCUT2D eigenvalue weighted by atomic mass is 9.99. The number of carbonyl (C=O) groups is 1. The van der Waals surface area contributed by atoms with E-state index in [0.29, 0.717) is 19.2 Å². The minimum atomic E-state index is -0.823. The van der Waals surface area contributed by atoms with E-state index in [1.54, 1.807) is 6.92 Å². The van der Waals surface area contributed by atoms with E-state index in [0.717, 1.165) is 32.6 Å². The number of nitrogens with two attached hydrogens (primary N) is 1. The van der Waals surface area contributed by atoms with Gasteiger partial charge in [-0.15, -0.1) is 0 Å².